The average Bonchev–Trinajstić information content (AvgIpc) is 2.98. The molecule has 1 aliphatic rings. The van der Waals surface area contributed by atoms with Crippen molar-refractivity contribution in [2.45, 2.75) is 9.79 Å². The molecule has 0 radical (unpaired) electrons. The normalized spacial score (nSPS) is 12.4. The van der Waals surface area contributed by atoms with Crippen molar-refractivity contribution in [3.8, 4) is 5.69 Å². The Bertz CT molecular complexity index is 732. The summed E-state index contributed by atoms with van der Waals surface area (Å²) in [7, 11) is 0. The van der Waals surface area contributed by atoms with Gasteiger partial charge < -0.3 is 9.88 Å². The van der Waals surface area contributed by atoms with Gasteiger partial charge in [-0.15, -0.1) is 0 Å². The van der Waals surface area contributed by atoms with E-state index in [4.69, 9.17) is 0 Å². The van der Waals surface area contributed by atoms with Crippen LogP contribution in [0, 0.1) is 0 Å². The van der Waals surface area contributed by atoms with E-state index in [1.54, 1.807) is 0 Å². The minimum absolute atomic E-state index is 1.18. The van der Waals surface area contributed by atoms with Crippen LogP contribution in [0.25, 0.3) is 5.69 Å². The highest BCUT2D eigenvalue weighted by Crippen LogP contribution is 2.46. The lowest BCUT2D eigenvalue weighted by Gasteiger charge is -2.23. The monoisotopic (exact) mass is 264 g/mol. The fourth-order valence-electron chi connectivity index (χ4n) is 2.35. The van der Waals surface area contributed by atoms with E-state index in [0.717, 1.165) is 0 Å². The standard InChI is InChI=1S/C16H12N2S/c1-2-8-14-12(6-1)17-16-13(18-10-3-4-11-18)7-5-9-15(16)19-14/h1-11,17H. The second-order valence-electron chi connectivity index (χ2n) is 4.46. The molecule has 1 N–H and O–H groups in total. The average molecular weight is 264 g/mol. The van der Waals surface area contributed by atoms with Gasteiger partial charge in [0.05, 0.1) is 17.1 Å². The fourth-order valence-corrected chi connectivity index (χ4v) is 3.37. The van der Waals surface area contributed by atoms with Gasteiger partial charge in [-0.05, 0) is 36.4 Å². The van der Waals surface area contributed by atoms with Crippen LogP contribution in [0.5, 0.6) is 0 Å². The summed E-state index contributed by atoms with van der Waals surface area (Å²) in [6, 6.07) is 18.9. The maximum Gasteiger partial charge on any atom is 0.0770 e. The molecule has 0 fully saturated rings. The Hall–Kier alpha value is -2.13. The second-order valence-corrected chi connectivity index (χ2v) is 5.55. The lowest BCUT2D eigenvalue weighted by Crippen LogP contribution is -2.04. The maximum atomic E-state index is 3.56. The Morgan fingerprint density at radius 3 is 2.47 bits per heavy atom. The number of anilines is 2. The molecule has 2 heterocycles. The van der Waals surface area contributed by atoms with Crippen LogP contribution in [-0.4, -0.2) is 4.57 Å². The van der Waals surface area contributed by atoms with Gasteiger partial charge in [-0.1, -0.05) is 30.0 Å². The van der Waals surface area contributed by atoms with Crippen LogP contribution < -0.4 is 5.32 Å². The van der Waals surface area contributed by atoms with Gasteiger partial charge in [0.25, 0.3) is 0 Å². The van der Waals surface area contributed by atoms with Gasteiger partial charge in [0, 0.05) is 22.2 Å². The zero-order chi connectivity index (χ0) is 12.7. The number of aromatic nitrogens is 1. The van der Waals surface area contributed by atoms with Crippen molar-refractivity contribution < 1.29 is 0 Å². The van der Waals surface area contributed by atoms with Crippen molar-refractivity contribution in [3.05, 3.63) is 67.0 Å². The first-order valence-electron chi connectivity index (χ1n) is 6.22. The van der Waals surface area contributed by atoms with E-state index in [0.29, 0.717) is 0 Å². The third-order valence-electron chi connectivity index (χ3n) is 3.25. The number of rotatable bonds is 1. The first-order valence-corrected chi connectivity index (χ1v) is 7.04. The smallest absolute Gasteiger partial charge is 0.0770 e. The minimum Gasteiger partial charge on any atom is -0.352 e. The predicted molar refractivity (Wildman–Crippen MR) is 79.6 cm³/mol. The summed E-state index contributed by atoms with van der Waals surface area (Å²) < 4.78 is 2.14. The molecule has 2 nitrogen and oxygen atoms in total. The summed E-state index contributed by atoms with van der Waals surface area (Å²) in [5.74, 6) is 0. The van der Waals surface area contributed by atoms with Crippen LogP contribution in [0.2, 0.25) is 0 Å². The molecule has 3 aromatic rings. The van der Waals surface area contributed by atoms with Crippen LogP contribution in [0.3, 0.4) is 0 Å². The molecule has 92 valence electrons. The van der Waals surface area contributed by atoms with E-state index in [-0.39, 0.29) is 0 Å². The Labute approximate surface area is 116 Å². The molecule has 0 saturated heterocycles. The largest absolute Gasteiger partial charge is 0.352 e. The van der Waals surface area contributed by atoms with Crippen molar-refractivity contribution in [3.63, 3.8) is 0 Å². The molecule has 0 bridgehead atoms. The molecule has 0 spiro atoms. The van der Waals surface area contributed by atoms with Crippen molar-refractivity contribution >= 4 is 23.1 Å². The van der Waals surface area contributed by atoms with Gasteiger partial charge in [-0.3, -0.25) is 0 Å². The molecular weight excluding hydrogens is 252 g/mol. The van der Waals surface area contributed by atoms with E-state index >= 15 is 0 Å². The van der Waals surface area contributed by atoms with Gasteiger partial charge in [0.2, 0.25) is 0 Å². The molecule has 3 heteroatoms. The van der Waals surface area contributed by atoms with Crippen molar-refractivity contribution in [1.29, 1.82) is 0 Å². The van der Waals surface area contributed by atoms with Crippen molar-refractivity contribution in [1.82, 2.24) is 4.57 Å². The Morgan fingerprint density at radius 1 is 0.789 bits per heavy atom. The number of nitrogens with one attached hydrogen (secondary N) is 1. The molecule has 0 atom stereocenters. The van der Waals surface area contributed by atoms with Gasteiger partial charge in [0.1, 0.15) is 0 Å². The summed E-state index contributed by atoms with van der Waals surface area (Å²) in [5.41, 5.74) is 3.55. The fraction of sp³-hybridized carbons (Fsp3) is 0. The number of benzene rings is 2. The molecule has 1 aromatic heterocycles. The van der Waals surface area contributed by atoms with Crippen LogP contribution in [-0.2, 0) is 0 Å². The highest BCUT2D eigenvalue weighted by atomic mass is 32.2. The molecule has 0 aliphatic carbocycles. The molecule has 0 amide bonds. The summed E-state index contributed by atoms with van der Waals surface area (Å²) in [4.78, 5) is 2.55. The van der Waals surface area contributed by atoms with E-state index in [1.165, 1.54) is 26.9 Å². The maximum absolute atomic E-state index is 3.56. The second kappa shape index (κ2) is 4.21. The van der Waals surface area contributed by atoms with Crippen LogP contribution in [0.4, 0.5) is 11.4 Å². The Kier molecular flexibility index (Phi) is 2.38. The molecule has 19 heavy (non-hydrogen) atoms. The Balaban J connectivity index is 1.88. The van der Waals surface area contributed by atoms with E-state index in [2.05, 4.69) is 64.7 Å². The summed E-state index contributed by atoms with van der Waals surface area (Å²) in [6.45, 7) is 0. The lowest BCUT2D eigenvalue weighted by molar-refractivity contribution is 1.07. The SMILES string of the molecule is c1ccc2c(c1)Nc1c(cccc1-n1cccc1)S2. The third-order valence-corrected chi connectivity index (χ3v) is 4.39. The van der Waals surface area contributed by atoms with E-state index < -0.39 is 0 Å². The zero-order valence-electron chi connectivity index (χ0n) is 10.2. The molecule has 0 unspecified atom stereocenters. The molecular formula is C16H12N2S. The van der Waals surface area contributed by atoms with Gasteiger partial charge in [-0.2, -0.15) is 0 Å². The number of nitrogens with zero attached hydrogens (tertiary/aromatic N) is 1. The first-order chi connectivity index (χ1) is 9.42. The quantitative estimate of drug-likeness (QED) is 0.537. The number of hydrogen-bond acceptors (Lipinski definition) is 2. The zero-order valence-corrected chi connectivity index (χ0v) is 11.0. The summed E-state index contributed by atoms with van der Waals surface area (Å²) in [5, 5.41) is 3.56. The number of hydrogen-bond donors (Lipinski definition) is 1. The topological polar surface area (TPSA) is 17.0 Å². The van der Waals surface area contributed by atoms with Gasteiger partial charge in [0.15, 0.2) is 0 Å². The lowest BCUT2D eigenvalue weighted by atomic mass is 10.2. The minimum atomic E-state index is 1.18. The van der Waals surface area contributed by atoms with Crippen LogP contribution >= 0.6 is 11.8 Å². The van der Waals surface area contributed by atoms with Gasteiger partial charge >= 0.3 is 0 Å². The number of fused-ring (bicyclic) bond motifs is 2. The van der Waals surface area contributed by atoms with Crippen molar-refractivity contribution in [2.24, 2.45) is 0 Å². The van der Waals surface area contributed by atoms with E-state index in [1.807, 2.05) is 23.9 Å². The molecule has 2 aromatic carbocycles. The summed E-state index contributed by atoms with van der Waals surface area (Å²) in [6.07, 6.45) is 4.14. The molecule has 4 rings (SSSR count). The van der Waals surface area contributed by atoms with Crippen LogP contribution in [0.1, 0.15) is 0 Å². The Morgan fingerprint density at radius 2 is 1.58 bits per heavy atom. The first kappa shape index (κ1) is 10.8. The molecule has 0 saturated carbocycles. The van der Waals surface area contributed by atoms with E-state index in [9.17, 15) is 0 Å². The van der Waals surface area contributed by atoms with Crippen molar-refractivity contribution in [2.75, 3.05) is 5.32 Å². The highest BCUT2D eigenvalue weighted by molar-refractivity contribution is 7.99. The predicted octanol–water partition coefficient (Wildman–Crippen LogP) is 4.69. The number of para-hydroxylation sites is 2. The van der Waals surface area contributed by atoms with Gasteiger partial charge in [-0.25, -0.2) is 0 Å². The molecule has 1 aliphatic heterocycles. The highest BCUT2D eigenvalue weighted by Gasteiger charge is 2.18. The third kappa shape index (κ3) is 1.74. The van der Waals surface area contributed by atoms with Crippen LogP contribution in [0.15, 0.2) is 76.8 Å². The summed E-state index contributed by atoms with van der Waals surface area (Å²) >= 11 is 1.82.